The number of hydrogen-bond donors (Lipinski definition) is 1. The molecule has 0 saturated carbocycles. The summed E-state index contributed by atoms with van der Waals surface area (Å²) in [4.78, 5) is 12.6. The Morgan fingerprint density at radius 1 is 0.938 bits per heavy atom. The number of aryl methyl sites for hydroxylation is 1. The second kappa shape index (κ2) is 9.67. The van der Waals surface area contributed by atoms with Crippen molar-refractivity contribution in [3.63, 3.8) is 0 Å². The molecule has 4 aromatic carbocycles. The summed E-state index contributed by atoms with van der Waals surface area (Å²) in [5.41, 5.74) is 4.02. The van der Waals surface area contributed by atoms with Crippen LogP contribution in [0.25, 0.3) is 11.1 Å². The number of anilines is 1. The van der Waals surface area contributed by atoms with Gasteiger partial charge in [0, 0.05) is 22.3 Å². The molecule has 1 amide bonds. The first-order valence-corrected chi connectivity index (χ1v) is 10.5. The molecule has 4 rings (SSSR count). The quantitative estimate of drug-likeness (QED) is 0.335. The largest absolute Gasteiger partial charge is 0.457 e. The maximum absolute atomic E-state index is 13.8. The van der Waals surface area contributed by atoms with Crippen molar-refractivity contribution in [2.45, 2.75) is 13.3 Å². The van der Waals surface area contributed by atoms with Crippen LogP contribution in [0.3, 0.4) is 0 Å². The highest BCUT2D eigenvalue weighted by Gasteiger charge is 2.12. The number of carbonyl (C=O) groups is 1. The average molecular weight is 446 g/mol. The predicted molar refractivity (Wildman–Crippen MR) is 127 cm³/mol. The van der Waals surface area contributed by atoms with Crippen LogP contribution in [0.15, 0.2) is 91.0 Å². The van der Waals surface area contributed by atoms with Crippen LogP contribution in [0, 0.1) is 12.7 Å². The van der Waals surface area contributed by atoms with Crippen LogP contribution in [-0.4, -0.2) is 5.91 Å². The van der Waals surface area contributed by atoms with Crippen molar-refractivity contribution < 1.29 is 13.9 Å². The number of amides is 1. The molecule has 0 aliphatic carbocycles. The minimum atomic E-state index is -0.341. The molecule has 0 spiro atoms. The van der Waals surface area contributed by atoms with Crippen molar-refractivity contribution in [2.24, 2.45) is 0 Å². The highest BCUT2D eigenvalue weighted by molar-refractivity contribution is 6.30. The molecule has 160 valence electrons. The lowest BCUT2D eigenvalue weighted by molar-refractivity contribution is -0.115. The van der Waals surface area contributed by atoms with Crippen LogP contribution in [0.5, 0.6) is 11.5 Å². The molecule has 1 N–H and O–H groups in total. The van der Waals surface area contributed by atoms with Gasteiger partial charge >= 0.3 is 0 Å². The van der Waals surface area contributed by atoms with E-state index in [1.807, 2.05) is 31.2 Å². The van der Waals surface area contributed by atoms with Crippen LogP contribution in [-0.2, 0) is 11.2 Å². The number of nitrogens with one attached hydrogen (secondary N) is 1. The summed E-state index contributed by atoms with van der Waals surface area (Å²) in [5.74, 6) is 0.539. The van der Waals surface area contributed by atoms with Gasteiger partial charge in [0.1, 0.15) is 17.3 Å². The summed E-state index contributed by atoms with van der Waals surface area (Å²) in [5, 5.41) is 3.45. The fourth-order valence-electron chi connectivity index (χ4n) is 3.33. The van der Waals surface area contributed by atoms with Gasteiger partial charge < -0.3 is 10.1 Å². The lowest BCUT2D eigenvalue weighted by Crippen LogP contribution is -2.14. The zero-order valence-electron chi connectivity index (χ0n) is 17.4. The third-order valence-corrected chi connectivity index (χ3v) is 5.15. The van der Waals surface area contributed by atoms with Gasteiger partial charge in [-0.25, -0.2) is 4.39 Å². The molecule has 32 heavy (non-hydrogen) atoms. The molecule has 3 nitrogen and oxygen atoms in total. The van der Waals surface area contributed by atoms with E-state index in [9.17, 15) is 9.18 Å². The second-order valence-corrected chi connectivity index (χ2v) is 7.93. The second-order valence-electron chi connectivity index (χ2n) is 7.49. The molecule has 4 aromatic rings. The minimum absolute atomic E-state index is 0.138. The highest BCUT2D eigenvalue weighted by Crippen LogP contribution is 2.36. The Bertz CT molecular complexity index is 1250. The van der Waals surface area contributed by atoms with Gasteiger partial charge in [0.25, 0.3) is 0 Å². The Labute approximate surface area is 191 Å². The SMILES string of the molecule is Cc1ccc(CC(=O)Nc2ccc(-c3cccc(F)c3)c(Oc3cccc(Cl)c3)c2)cc1. The molecule has 0 fully saturated rings. The summed E-state index contributed by atoms with van der Waals surface area (Å²) >= 11 is 6.09. The molecule has 0 aliphatic heterocycles. The molecule has 0 unspecified atom stereocenters. The number of ether oxygens (including phenoxy) is 1. The van der Waals surface area contributed by atoms with Gasteiger partial charge in [-0.15, -0.1) is 0 Å². The lowest BCUT2D eigenvalue weighted by Gasteiger charge is -2.14. The molecule has 0 aliphatic rings. The van der Waals surface area contributed by atoms with Crippen molar-refractivity contribution in [1.82, 2.24) is 0 Å². The van der Waals surface area contributed by atoms with E-state index in [2.05, 4.69) is 5.32 Å². The number of rotatable bonds is 6. The van der Waals surface area contributed by atoms with Crippen LogP contribution in [0.1, 0.15) is 11.1 Å². The lowest BCUT2D eigenvalue weighted by atomic mass is 10.0. The van der Waals surface area contributed by atoms with Gasteiger partial charge in [0.15, 0.2) is 0 Å². The van der Waals surface area contributed by atoms with Crippen molar-refractivity contribution in [3.05, 3.63) is 113 Å². The van der Waals surface area contributed by atoms with Crippen LogP contribution in [0.4, 0.5) is 10.1 Å². The first-order chi connectivity index (χ1) is 15.5. The van der Waals surface area contributed by atoms with Gasteiger partial charge in [-0.2, -0.15) is 0 Å². The van der Waals surface area contributed by atoms with Gasteiger partial charge in [-0.1, -0.05) is 59.6 Å². The first-order valence-electron chi connectivity index (χ1n) is 10.1. The van der Waals surface area contributed by atoms with Crippen LogP contribution in [0.2, 0.25) is 5.02 Å². The van der Waals surface area contributed by atoms with Gasteiger partial charge in [-0.05, 0) is 60.5 Å². The Hall–Kier alpha value is -3.63. The molecule has 0 bridgehead atoms. The Kier molecular flexibility index (Phi) is 6.52. The van der Waals surface area contributed by atoms with Gasteiger partial charge in [-0.3, -0.25) is 4.79 Å². The number of hydrogen-bond acceptors (Lipinski definition) is 2. The van der Waals surface area contributed by atoms with E-state index in [1.165, 1.54) is 12.1 Å². The number of halogens is 2. The normalized spacial score (nSPS) is 10.6. The Morgan fingerprint density at radius 3 is 2.47 bits per heavy atom. The van der Waals surface area contributed by atoms with Crippen molar-refractivity contribution >= 4 is 23.2 Å². The summed E-state index contributed by atoms with van der Waals surface area (Å²) < 4.78 is 19.9. The molecule has 5 heteroatoms. The van der Waals surface area contributed by atoms with E-state index >= 15 is 0 Å². The zero-order valence-corrected chi connectivity index (χ0v) is 18.2. The van der Waals surface area contributed by atoms with E-state index in [0.717, 1.165) is 11.1 Å². The maximum Gasteiger partial charge on any atom is 0.228 e. The molecule has 0 aromatic heterocycles. The summed E-state index contributed by atoms with van der Waals surface area (Å²) in [7, 11) is 0. The fraction of sp³-hybridized carbons (Fsp3) is 0.0741. The molecular weight excluding hydrogens is 425 g/mol. The van der Waals surface area contributed by atoms with Crippen molar-refractivity contribution in [1.29, 1.82) is 0 Å². The summed E-state index contributed by atoms with van der Waals surface area (Å²) in [6.45, 7) is 2.01. The topological polar surface area (TPSA) is 38.3 Å². The average Bonchev–Trinajstić information content (AvgIpc) is 2.75. The third kappa shape index (κ3) is 5.54. The van der Waals surface area contributed by atoms with Crippen LogP contribution >= 0.6 is 11.6 Å². The van der Waals surface area contributed by atoms with E-state index in [1.54, 1.807) is 54.6 Å². The minimum Gasteiger partial charge on any atom is -0.457 e. The fourth-order valence-corrected chi connectivity index (χ4v) is 3.51. The standard InChI is InChI=1S/C27H21ClFNO2/c1-18-8-10-19(11-9-18)14-27(31)30-23-12-13-25(20-4-2-6-22(29)15-20)26(17-23)32-24-7-3-5-21(28)16-24/h2-13,15-17H,14H2,1H3,(H,30,31). The Morgan fingerprint density at radius 2 is 1.72 bits per heavy atom. The zero-order chi connectivity index (χ0) is 22.5. The highest BCUT2D eigenvalue weighted by atomic mass is 35.5. The van der Waals surface area contributed by atoms with Gasteiger partial charge in [0.2, 0.25) is 5.91 Å². The molecule has 0 heterocycles. The van der Waals surface area contributed by atoms with Crippen molar-refractivity contribution in [3.8, 4) is 22.6 Å². The van der Waals surface area contributed by atoms with E-state index in [4.69, 9.17) is 16.3 Å². The van der Waals surface area contributed by atoms with Crippen molar-refractivity contribution in [2.75, 3.05) is 5.32 Å². The molecule has 0 saturated heterocycles. The Balaban J connectivity index is 1.62. The molecule has 0 radical (unpaired) electrons. The number of carbonyl (C=O) groups excluding carboxylic acids is 1. The summed E-state index contributed by atoms with van der Waals surface area (Å²) in [6.07, 6.45) is 0.260. The van der Waals surface area contributed by atoms with E-state index < -0.39 is 0 Å². The third-order valence-electron chi connectivity index (χ3n) is 4.91. The summed E-state index contributed by atoms with van der Waals surface area (Å²) in [6, 6.07) is 26.4. The van der Waals surface area contributed by atoms with Gasteiger partial charge in [0.05, 0.1) is 6.42 Å². The maximum atomic E-state index is 13.8. The molecule has 0 atom stereocenters. The van der Waals surface area contributed by atoms with E-state index in [-0.39, 0.29) is 18.1 Å². The van der Waals surface area contributed by atoms with E-state index in [0.29, 0.717) is 33.3 Å². The van der Waals surface area contributed by atoms with Crippen LogP contribution < -0.4 is 10.1 Å². The smallest absolute Gasteiger partial charge is 0.228 e. The molecular formula is C27H21ClFNO2. The first kappa shape index (κ1) is 21.6. The number of benzene rings is 4. The predicted octanol–water partition coefficient (Wildman–Crippen LogP) is 7.43. The monoisotopic (exact) mass is 445 g/mol.